The molecule has 0 spiro atoms. The van der Waals surface area contributed by atoms with Gasteiger partial charge in [-0.3, -0.25) is 0 Å². The molecule has 0 aliphatic heterocycles. The fourth-order valence-electron chi connectivity index (χ4n) is 1.38. The highest BCUT2D eigenvalue weighted by atomic mass is 16.5. The Morgan fingerprint density at radius 1 is 1.26 bits per heavy atom. The molecule has 0 aliphatic carbocycles. The van der Waals surface area contributed by atoms with Crippen LogP contribution < -0.4 is 5.32 Å². The number of hydrogen-bond acceptors (Lipinski definition) is 6. The van der Waals surface area contributed by atoms with E-state index in [1.807, 2.05) is 6.07 Å². The van der Waals surface area contributed by atoms with Crippen molar-refractivity contribution in [2.75, 3.05) is 12.4 Å². The molecular formula is C13H10N4O2. The minimum Gasteiger partial charge on any atom is -0.464 e. The number of anilines is 2. The van der Waals surface area contributed by atoms with Crippen LogP contribution in [-0.2, 0) is 4.74 Å². The highest BCUT2D eigenvalue weighted by Crippen LogP contribution is 2.14. The van der Waals surface area contributed by atoms with Crippen molar-refractivity contribution in [1.82, 2.24) is 9.97 Å². The number of benzene rings is 1. The number of methoxy groups -OCH3 is 1. The third-order valence-corrected chi connectivity index (χ3v) is 2.33. The van der Waals surface area contributed by atoms with Crippen LogP contribution in [0.2, 0.25) is 0 Å². The highest BCUT2D eigenvalue weighted by molar-refractivity contribution is 5.86. The molecule has 6 heteroatoms. The zero-order valence-corrected chi connectivity index (χ0v) is 10.1. The summed E-state index contributed by atoms with van der Waals surface area (Å²) in [4.78, 5) is 19.2. The average molecular weight is 254 g/mol. The predicted molar refractivity (Wildman–Crippen MR) is 67.8 cm³/mol. The van der Waals surface area contributed by atoms with E-state index in [1.165, 1.54) is 19.5 Å². The van der Waals surface area contributed by atoms with Gasteiger partial charge in [0.05, 0.1) is 31.1 Å². The number of carbonyl (C=O) groups excluding carboxylic acids is 1. The molecule has 0 fully saturated rings. The Morgan fingerprint density at radius 2 is 2.00 bits per heavy atom. The van der Waals surface area contributed by atoms with Crippen molar-refractivity contribution in [2.45, 2.75) is 0 Å². The molecule has 0 atom stereocenters. The maximum atomic E-state index is 11.2. The van der Waals surface area contributed by atoms with Crippen LogP contribution >= 0.6 is 0 Å². The van der Waals surface area contributed by atoms with Gasteiger partial charge in [0, 0.05) is 5.69 Å². The van der Waals surface area contributed by atoms with Crippen LogP contribution in [-0.4, -0.2) is 23.0 Å². The van der Waals surface area contributed by atoms with Crippen LogP contribution in [0.3, 0.4) is 0 Å². The van der Waals surface area contributed by atoms with E-state index < -0.39 is 5.97 Å². The average Bonchev–Trinajstić information content (AvgIpc) is 2.48. The van der Waals surface area contributed by atoms with Gasteiger partial charge in [-0.25, -0.2) is 14.8 Å². The normalized spacial score (nSPS) is 9.47. The van der Waals surface area contributed by atoms with Crippen molar-refractivity contribution in [3.05, 3.63) is 47.9 Å². The van der Waals surface area contributed by atoms with Crippen LogP contribution in [0.25, 0.3) is 0 Å². The lowest BCUT2D eigenvalue weighted by Gasteiger charge is -2.05. The fraction of sp³-hybridized carbons (Fsp3) is 0.0769. The first-order chi connectivity index (χ1) is 9.22. The standard InChI is InChI=1S/C13H10N4O2/c1-19-13(18)11-7-16-12(8-15-11)17-10-4-2-9(6-14)3-5-10/h2-5,7-8H,1H3,(H,16,17). The number of nitriles is 1. The van der Waals surface area contributed by atoms with E-state index in [1.54, 1.807) is 24.3 Å². The van der Waals surface area contributed by atoms with Crippen molar-refractivity contribution >= 4 is 17.5 Å². The molecule has 1 aromatic heterocycles. The van der Waals surface area contributed by atoms with Gasteiger partial charge >= 0.3 is 5.97 Å². The van der Waals surface area contributed by atoms with Crippen molar-refractivity contribution in [1.29, 1.82) is 5.26 Å². The molecule has 0 amide bonds. The fourth-order valence-corrected chi connectivity index (χ4v) is 1.38. The van der Waals surface area contributed by atoms with E-state index in [4.69, 9.17) is 5.26 Å². The molecule has 1 aromatic carbocycles. The Morgan fingerprint density at radius 3 is 2.53 bits per heavy atom. The number of ether oxygens (including phenoxy) is 1. The van der Waals surface area contributed by atoms with Crippen LogP contribution in [0.4, 0.5) is 11.5 Å². The van der Waals surface area contributed by atoms with Gasteiger partial charge in [0.25, 0.3) is 0 Å². The molecule has 0 saturated carbocycles. The van der Waals surface area contributed by atoms with Crippen molar-refractivity contribution in [3.8, 4) is 6.07 Å². The Balaban J connectivity index is 2.10. The Labute approximate surface area is 109 Å². The molecule has 0 saturated heterocycles. The van der Waals surface area contributed by atoms with Gasteiger partial charge in [-0.1, -0.05) is 0 Å². The molecule has 6 nitrogen and oxygen atoms in total. The molecule has 0 unspecified atom stereocenters. The molecule has 0 bridgehead atoms. The van der Waals surface area contributed by atoms with E-state index >= 15 is 0 Å². The Bertz CT molecular complexity index is 615. The van der Waals surface area contributed by atoms with Gasteiger partial charge in [0.2, 0.25) is 0 Å². The second kappa shape index (κ2) is 5.60. The van der Waals surface area contributed by atoms with Crippen LogP contribution in [0.1, 0.15) is 16.1 Å². The van der Waals surface area contributed by atoms with Gasteiger partial charge in [-0.05, 0) is 24.3 Å². The number of hydrogen-bond donors (Lipinski definition) is 1. The lowest BCUT2D eigenvalue weighted by molar-refractivity contribution is 0.0593. The minimum absolute atomic E-state index is 0.146. The molecule has 0 radical (unpaired) electrons. The molecule has 94 valence electrons. The van der Waals surface area contributed by atoms with E-state index in [2.05, 4.69) is 20.0 Å². The van der Waals surface area contributed by atoms with Gasteiger partial charge in [-0.2, -0.15) is 5.26 Å². The smallest absolute Gasteiger partial charge is 0.358 e. The SMILES string of the molecule is COC(=O)c1cnc(Nc2ccc(C#N)cc2)cn1. The first kappa shape index (κ1) is 12.5. The summed E-state index contributed by atoms with van der Waals surface area (Å²) in [5.74, 6) is -0.0326. The number of carbonyl (C=O) groups is 1. The predicted octanol–water partition coefficient (Wildman–Crippen LogP) is 1.88. The summed E-state index contributed by atoms with van der Waals surface area (Å²) in [5.41, 5.74) is 1.50. The maximum Gasteiger partial charge on any atom is 0.358 e. The summed E-state index contributed by atoms with van der Waals surface area (Å²) in [6, 6.07) is 8.94. The zero-order valence-electron chi connectivity index (χ0n) is 10.1. The van der Waals surface area contributed by atoms with Crippen molar-refractivity contribution in [2.24, 2.45) is 0 Å². The second-order valence-corrected chi connectivity index (χ2v) is 3.59. The number of esters is 1. The molecule has 1 N–H and O–H groups in total. The first-order valence-corrected chi connectivity index (χ1v) is 5.40. The highest BCUT2D eigenvalue weighted by Gasteiger charge is 2.07. The lowest BCUT2D eigenvalue weighted by Crippen LogP contribution is -2.05. The molecule has 1 heterocycles. The molecule has 2 aromatic rings. The zero-order chi connectivity index (χ0) is 13.7. The lowest BCUT2D eigenvalue weighted by atomic mass is 10.2. The number of rotatable bonds is 3. The number of nitrogens with zero attached hydrogens (tertiary/aromatic N) is 3. The van der Waals surface area contributed by atoms with Crippen LogP contribution in [0.15, 0.2) is 36.7 Å². The van der Waals surface area contributed by atoms with Gasteiger partial charge in [-0.15, -0.1) is 0 Å². The Kier molecular flexibility index (Phi) is 3.69. The second-order valence-electron chi connectivity index (χ2n) is 3.59. The maximum absolute atomic E-state index is 11.2. The third-order valence-electron chi connectivity index (χ3n) is 2.33. The van der Waals surface area contributed by atoms with Crippen molar-refractivity contribution in [3.63, 3.8) is 0 Å². The quantitative estimate of drug-likeness (QED) is 0.841. The van der Waals surface area contributed by atoms with Crippen LogP contribution in [0, 0.1) is 11.3 Å². The number of nitrogens with one attached hydrogen (secondary N) is 1. The summed E-state index contributed by atoms with van der Waals surface area (Å²) in [7, 11) is 1.28. The van der Waals surface area contributed by atoms with E-state index in [0.29, 0.717) is 11.4 Å². The van der Waals surface area contributed by atoms with Crippen LogP contribution in [0.5, 0.6) is 0 Å². The largest absolute Gasteiger partial charge is 0.464 e. The minimum atomic E-state index is -0.530. The first-order valence-electron chi connectivity index (χ1n) is 5.40. The topological polar surface area (TPSA) is 87.9 Å². The summed E-state index contributed by atoms with van der Waals surface area (Å²) >= 11 is 0. The van der Waals surface area contributed by atoms with Gasteiger partial charge < -0.3 is 10.1 Å². The summed E-state index contributed by atoms with van der Waals surface area (Å²) in [5, 5.41) is 11.7. The summed E-state index contributed by atoms with van der Waals surface area (Å²) in [6.07, 6.45) is 2.77. The van der Waals surface area contributed by atoms with Crippen molar-refractivity contribution < 1.29 is 9.53 Å². The molecule has 19 heavy (non-hydrogen) atoms. The molecule has 2 rings (SSSR count). The molecular weight excluding hydrogens is 244 g/mol. The van der Waals surface area contributed by atoms with E-state index in [9.17, 15) is 4.79 Å². The van der Waals surface area contributed by atoms with Gasteiger partial charge in [0.15, 0.2) is 5.69 Å². The summed E-state index contributed by atoms with van der Waals surface area (Å²) in [6.45, 7) is 0. The Hall–Kier alpha value is -2.94. The molecule has 0 aliphatic rings. The van der Waals surface area contributed by atoms with E-state index in [-0.39, 0.29) is 5.69 Å². The van der Waals surface area contributed by atoms with E-state index in [0.717, 1.165) is 5.69 Å². The monoisotopic (exact) mass is 254 g/mol. The third kappa shape index (κ3) is 3.04. The number of aromatic nitrogens is 2. The van der Waals surface area contributed by atoms with Gasteiger partial charge in [0.1, 0.15) is 5.82 Å². The summed E-state index contributed by atoms with van der Waals surface area (Å²) < 4.78 is 4.53.